The average Bonchev–Trinajstić information content (AvgIpc) is 2.34. The lowest BCUT2D eigenvalue weighted by molar-refractivity contribution is -0.157. The van der Waals surface area contributed by atoms with E-state index in [0.717, 1.165) is 12.0 Å². The first kappa shape index (κ1) is 13.6. The summed E-state index contributed by atoms with van der Waals surface area (Å²) in [6.45, 7) is 1.90. The summed E-state index contributed by atoms with van der Waals surface area (Å²) in [5, 5.41) is 12.1. The van der Waals surface area contributed by atoms with Crippen LogP contribution in [-0.2, 0) is 9.59 Å². The molecular formula is C15H19NO3. The van der Waals surface area contributed by atoms with E-state index in [1.807, 2.05) is 37.3 Å². The Morgan fingerprint density at radius 2 is 1.95 bits per heavy atom. The molecule has 1 saturated carbocycles. The summed E-state index contributed by atoms with van der Waals surface area (Å²) in [5.74, 6) is -1.03. The molecule has 2 rings (SSSR count). The Balaban J connectivity index is 1.93. The third kappa shape index (κ3) is 2.95. The molecule has 0 aromatic heterocycles. The summed E-state index contributed by atoms with van der Waals surface area (Å²) >= 11 is 0. The van der Waals surface area contributed by atoms with E-state index in [1.54, 1.807) is 0 Å². The molecule has 1 fully saturated rings. The van der Waals surface area contributed by atoms with Gasteiger partial charge >= 0.3 is 5.97 Å². The highest BCUT2D eigenvalue weighted by molar-refractivity contribution is 5.85. The number of carboxylic acid groups (broad SMARTS) is 1. The highest BCUT2D eigenvalue weighted by atomic mass is 16.4. The number of benzene rings is 1. The summed E-state index contributed by atoms with van der Waals surface area (Å²) in [6, 6.07) is 9.55. The van der Waals surface area contributed by atoms with Crippen LogP contribution in [0.3, 0.4) is 0 Å². The maximum absolute atomic E-state index is 12.0. The van der Waals surface area contributed by atoms with Gasteiger partial charge in [0.25, 0.3) is 0 Å². The Hall–Kier alpha value is -1.84. The second kappa shape index (κ2) is 5.43. The smallest absolute Gasteiger partial charge is 0.310 e. The first-order valence-electron chi connectivity index (χ1n) is 6.61. The van der Waals surface area contributed by atoms with Crippen molar-refractivity contribution in [2.24, 2.45) is 5.41 Å². The van der Waals surface area contributed by atoms with Gasteiger partial charge in [0.1, 0.15) is 0 Å². The summed E-state index contributed by atoms with van der Waals surface area (Å²) < 4.78 is 0. The quantitative estimate of drug-likeness (QED) is 0.855. The molecule has 0 unspecified atom stereocenters. The monoisotopic (exact) mass is 261 g/mol. The fraction of sp³-hybridized carbons (Fsp3) is 0.467. The van der Waals surface area contributed by atoms with Crippen LogP contribution in [-0.4, -0.2) is 17.0 Å². The Bertz CT molecular complexity index is 466. The average molecular weight is 261 g/mol. The molecule has 0 spiro atoms. The van der Waals surface area contributed by atoms with Gasteiger partial charge in [0.2, 0.25) is 5.91 Å². The predicted octanol–water partition coefficient (Wildman–Crippen LogP) is 2.51. The van der Waals surface area contributed by atoms with Crippen molar-refractivity contribution in [3.8, 4) is 0 Å². The molecule has 1 aliphatic carbocycles. The van der Waals surface area contributed by atoms with Gasteiger partial charge in [-0.05, 0) is 25.3 Å². The molecular weight excluding hydrogens is 242 g/mol. The van der Waals surface area contributed by atoms with Gasteiger partial charge in [0.15, 0.2) is 0 Å². The van der Waals surface area contributed by atoms with E-state index < -0.39 is 11.4 Å². The number of hydrogen-bond acceptors (Lipinski definition) is 2. The fourth-order valence-corrected chi connectivity index (χ4v) is 2.49. The topological polar surface area (TPSA) is 66.4 Å². The summed E-state index contributed by atoms with van der Waals surface area (Å²) in [5.41, 5.74) is 0.203. The summed E-state index contributed by atoms with van der Waals surface area (Å²) in [6.07, 6.45) is 2.19. The first-order valence-corrected chi connectivity index (χ1v) is 6.61. The van der Waals surface area contributed by atoms with Crippen molar-refractivity contribution in [1.82, 2.24) is 5.32 Å². The maximum atomic E-state index is 12.0. The minimum atomic E-state index is -0.846. The van der Waals surface area contributed by atoms with Gasteiger partial charge in [-0.15, -0.1) is 0 Å². The van der Waals surface area contributed by atoms with Gasteiger partial charge in [0.05, 0.1) is 11.5 Å². The predicted molar refractivity (Wildman–Crippen MR) is 71.5 cm³/mol. The van der Waals surface area contributed by atoms with E-state index in [2.05, 4.69) is 5.32 Å². The second-order valence-corrected chi connectivity index (χ2v) is 5.32. The van der Waals surface area contributed by atoms with Crippen LogP contribution in [0, 0.1) is 5.41 Å². The SMILES string of the molecule is C[C@@H](NC(=O)CC1(C(=O)O)CCC1)c1ccccc1. The third-order valence-electron chi connectivity index (χ3n) is 3.94. The van der Waals surface area contributed by atoms with Crippen molar-refractivity contribution >= 4 is 11.9 Å². The van der Waals surface area contributed by atoms with Crippen LogP contribution in [0.4, 0.5) is 0 Å². The number of aliphatic carboxylic acids is 1. The maximum Gasteiger partial charge on any atom is 0.310 e. The van der Waals surface area contributed by atoms with Crippen molar-refractivity contribution in [2.45, 2.75) is 38.6 Å². The Kier molecular flexibility index (Phi) is 3.88. The van der Waals surface area contributed by atoms with Crippen LogP contribution >= 0.6 is 0 Å². The fourth-order valence-electron chi connectivity index (χ4n) is 2.49. The standard InChI is InChI=1S/C15H19NO3/c1-11(12-6-3-2-4-7-12)16-13(17)10-15(14(18)19)8-5-9-15/h2-4,6-7,11H,5,8-10H2,1H3,(H,16,17)(H,18,19)/t11-/m1/s1. The van der Waals surface area contributed by atoms with E-state index in [1.165, 1.54) is 0 Å². The van der Waals surface area contributed by atoms with Crippen molar-refractivity contribution in [1.29, 1.82) is 0 Å². The van der Waals surface area contributed by atoms with Gasteiger partial charge in [0, 0.05) is 6.42 Å². The lowest BCUT2D eigenvalue weighted by atomic mass is 9.66. The molecule has 1 aromatic rings. The van der Waals surface area contributed by atoms with Crippen LogP contribution in [0.15, 0.2) is 30.3 Å². The lowest BCUT2D eigenvalue weighted by Gasteiger charge is -2.37. The zero-order chi connectivity index (χ0) is 13.9. The minimum Gasteiger partial charge on any atom is -0.481 e. The second-order valence-electron chi connectivity index (χ2n) is 5.32. The Morgan fingerprint density at radius 3 is 2.42 bits per heavy atom. The number of amides is 1. The molecule has 1 aromatic carbocycles. The number of hydrogen-bond donors (Lipinski definition) is 2. The molecule has 2 N–H and O–H groups in total. The summed E-state index contributed by atoms with van der Waals surface area (Å²) in [4.78, 5) is 23.2. The van der Waals surface area contributed by atoms with Crippen LogP contribution in [0.25, 0.3) is 0 Å². The molecule has 0 bridgehead atoms. The zero-order valence-corrected chi connectivity index (χ0v) is 11.1. The number of rotatable bonds is 5. The minimum absolute atomic E-state index is 0.0828. The molecule has 0 saturated heterocycles. The van der Waals surface area contributed by atoms with E-state index in [9.17, 15) is 14.7 Å². The lowest BCUT2D eigenvalue weighted by Crippen LogP contribution is -2.42. The van der Waals surface area contributed by atoms with Crippen molar-refractivity contribution in [2.75, 3.05) is 0 Å². The highest BCUT2D eigenvalue weighted by Crippen LogP contribution is 2.44. The van der Waals surface area contributed by atoms with Gasteiger partial charge < -0.3 is 10.4 Å². The molecule has 1 amide bonds. The molecule has 0 heterocycles. The van der Waals surface area contributed by atoms with E-state index >= 15 is 0 Å². The van der Waals surface area contributed by atoms with Crippen LogP contribution in [0.1, 0.15) is 44.2 Å². The summed E-state index contributed by atoms with van der Waals surface area (Å²) in [7, 11) is 0. The molecule has 102 valence electrons. The van der Waals surface area contributed by atoms with E-state index in [-0.39, 0.29) is 18.4 Å². The van der Waals surface area contributed by atoms with Crippen molar-refractivity contribution in [3.63, 3.8) is 0 Å². The Morgan fingerprint density at radius 1 is 1.32 bits per heavy atom. The molecule has 19 heavy (non-hydrogen) atoms. The molecule has 0 radical (unpaired) electrons. The van der Waals surface area contributed by atoms with E-state index in [4.69, 9.17) is 0 Å². The molecule has 1 atom stereocenters. The van der Waals surface area contributed by atoms with Crippen LogP contribution < -0.4 is 5.32 Å². The number of carbonyl (C=O) groups excluding carboxylic acids is 1. The van der Waals surface area contributed by atoms with Gasteiger partial charge in [-0.1, -0.05) is 36.8 Å². The van der Waals surface area contributed by atoms with Crippen LogP contribution in [0.2, 0.25) is 0 Å². The number of carbonyl (C=O) groups is 2. The van der Waals surface area contributed by atoms with Gasteiger partial charge in [-0.3, -0.25) is 9.59 Å². The van der Waals surface area contributed by atoms with Crippen molar-refractivity contribution < 1.29 is 14.7 Å². The first-order chi connectivity index (χ1) is 9.03. The molecule has 4 heteroatoms. The van der Waals surface area contributed by atoms with Crippen LogP contribution in [0.5, 0.6) is 0 Å². The molecule has 4 nitrogen and oxygen atoms in total. The highest BCUT2D eigenvalue weighted by Gasteiger charge is 2.45. The largest absolute Gasteiger partial charge is 0.481 e. The van der Waals surface area contributed by atoms with Gasteiger partial charge in [-0.25, -0.2) is 0 Å². The molecule has 1 aliphatic rings. The van der Waals surface area contributed by atoms with Crippen molar-refractivity contribution in [3.05, 3.63) is 35.9 Å². The third-order valence-corrected chi connectivity index (χ3v) is 3.94. The normalized spacial score (nSPS) is 18.2. The molecule has 0 aliphatic heterocycles. The number of carboxylic acids is 1. The zero-order valence-electron chi connectivity index (χ0n) is 11.1. The van der Waals surface area contributed by atoms with Gasteiger partial charge in [-0.2, -0.15) is 0 Å². The number of nitrogens with one attached hydrogen (secondary N) is 1. The van der Waals surface area contributed by atoms with E-state index in [0.29, 0.717) is 12.8 Å². The Labute approximate surface area is 112 Å².